The van der Waals surface area contributed by atoms with Crippen molar-refractivity contribution < 1.29 is 22.4 Å². The van der Waals surface area contributed by atoms with Gasteiger partial charge in [0.1, 0.15) is 5.75 Å². The summed E-state index contributed by atoms with van der Waals surface area (Å²) in [5.41, 5.74) is 3.24. The van der Waals surface area contributed by atoms with Gasteiger partial charge < -0.3 is 14.1 Å². The van der Waals surface area contributed by atoms with Crippen LogP contribution in [-0.4, -0.2) is 32.4 Å². The highest BCUT2D eigenvalue weighted by Crippen LogP contribution is 2.27. The predicted molar refractivity (Wildman–Crippen MR) is 121 cm³/mol. The number of amides is 1. The SMILES string of the molecule is CCCOc1ccc(S(=O)(=O)Nc2ccc3c(c2)CN(C(=O)c2ccco2)CC3)cc1C. The van der Waals surface area contributed by atoms with Gasteiger partial charge in [0, 0.05) is 18.8 Å². The minimum absolute atomic E-state index is 0.172. The highest BCUT2D eigenvalue weighted by Gasteiger charge is 2.24. The van der Waals surface area contributed by atoms with E-state index in [1.54, 1.807) is 47.4 Å². The Morgan fingerprint density at radius 1 is 1.16 bits per heavy atom. The highest BCUT2D eigenvalue weighted by atomic mass is 32.2. The molecule has 8 heteroatoms. The lowest BCUT2D eigenvalue weighted by Gasteiger charge is -2.28. The van der Waals surface area contributed by atoms with Gasteiger partial charge >= 0.3 is 0 Å². The molecule has 0 saturated heterocycles. The zero-order chi connectivity index (χ0) is 22.7. The Bertz CT molecular complexity index is 1220. The molecule has 1 aliphatic rings. The van der Waals surface area contributed by atoms with E-state index in [9.17, 15) is 13.2 Å². The van der Waals surface area contributed by atoms with Gasteiger partial charge in [0.15, 0.2) is 5.76 Å². The third-order valence-corrected chi connectivity index (χ3v) is 6.79. The van der Waals surface area contributed by atoms with E-state index in [0.717, 1.165) is 23.1 Å². The van der Waals surface area contributed by atoms with Crippen LogP contribution in [0.3, 0.4) is 0 Å². The zero-order valence-corrected chi connectivity index (χ0v) is 18.9. The molecule has 32 heavy (non-hydrogen) atoms. The first-order valence-electron chi connectivity index (χ1n) is 10.6. The van der Waals surface area contributed by atoms with E-state index >= 15 is 0 Å². The van der Waals surface area contributed by atoms with Crippen molar-refractivity contribution in [3.05, 3.63) is 77.2 Å². The minimum atomic E-state index is -3.77. The molecule has 2 heterocycles. The Morgan fingerprint density at radius 2 is 2.00 bits per heavy atom. The fraction of sp³-hybridized carbons (Fsp3) is 0.292. The van der Waals surface area contributed by atoms with Crippen molar-refractivity contribution >= 4 is 21.6 Å². The lowest BCUT2D eigenvalue weighted by molar-refractivity contribution is 0.0702. The molecule has 0 unspecified atom stereocenters. The number of carbonyl (C=O) groups excluding carboxylic acids is 1. The molecule has 0 saturated carbocycles. The van der Waals surface area contributed by atoms with E-state index in [0.29, 0.717) is 43.3 Å². The number of ether oxygens (including phenoxy) is 1. The molecule has 168 valence electrons. The van der Waals surface area contributed by atoms with Gasteiger partial charge in [-0.05, 0) is 78.9 Å². The van der Waals surface area contributed by atoms with E-state index < -0.39 is 10.0 Å². The predicted octanol–water partition coefficient (Wildman–Crippen LogP) is 4.38. The Labute approximate surface area is 188 Å². The molecule has 0 fully saturated rings. The largest absolute Gasteiger partial charge is 0.493 e. The number of rotatable bonds is 7. The molecule has 1 amide bonds. The third kappa shape index (κ3) is 4.65. The maximum atomic E-state index is 12.9. The van der Waals surface area contributed by atoms with Crippen molar-refractivity contribution in [3.63, 3.8) is 0 Å². The van der Waals surface area contributed by atoms with Crippen LogP contribution in [0.5, 0.6) is 5.75 Å². The number of hydrogen-bond acceptors (Lipinski definition) is 5. The first-order valence-corrected chi connectivity index (χ1v) is 12.1. The number of furan rings is 1. The smallest absolute Gasteiger partial charge is 0.289 e. The second-order valence-corrected chi connectivity index (χ2v) is 9.50. The summed E-state index contributed by atoms with van der Waals surface area (Å²) in [5, 5.41) is 0. The summed E-state index contributed by atoms with van der Waals surface area (Å²) in [6.45, 7) is 5.41. The molecular weight excluding hydrogens is 428 g/mol. The van der Waals surface area contributed by atoms with Crippen molar-refractivity contribution in [1.29, 1.82) is 0 Å². The maximum absolute atomic E-state index is 12.9. The Hall–Kier alpha value is -3.26. The molecule has 1 aliphatic heterocycles. The fourth-order valence-electron chi connectivity index (χ4n) is 3.73. The van der Waals surface area contributed by atoms with Crippen LogP contribution in [0.1, 0.15) is 40.6 Å². The number of aryl methyl sites for hydroxylation is 1. The molecule has 7 nitrogen and oxygen atoms in total. The summed E-state index contributed by atoms with van der Waals surface area (Å²) in [4.78, 5) is 14.5. The van der Waals surface area contributed by atoms with E-state index in [1.165, 1.54) is 6.26 Å². The average molecular weight is 455 g/mol. The van der Waals surface area contributed by atoms with Crippen LogP contribution in [0.2, 0.25) is 0 Å². The Balaban J connectivity index is 1.51. The molecule has 0 radical (unpaired) electrons. The van der Waals surface area contributed by atoms with Gasteiger partial charge in [-0.1, -0.05) is 13.0 Å². The van der Waals surface area contributed by atoms with Gasteiger partial charge in [0.25, 0.3) is 15.9 Å². The highest BCUT2D eigenvalue weighted by molar-refractivity contribution is 7.92. The summed E-state index contributed by atoms with van der Waals surface area (Å²) >= 11 is 0. The quantitative estimate of drug-likeness (QED) is 0.572. The molecule has 3 aromatic rings. The topological polar surface area (TPSA) is 88.9 Å². The molecule has 4 rings (SSSR count). The fourth-order valence-corrected chi connectivity index (χ4v) is 4.86. The maximum Gasteiger partial charge on any atom is 0.289 e. The first-order chi connectivity index (χ1) is 15.4. The van der Waals surface area contributed by atoms with Crippen LogP contribution >= 0.6 is 0 Å². The van der Waals surface area contributed by atoms with Crippen molar-refractivity contribution in [2.24, 2.45) is 0 Å². The number of nitrogens with one attached hydrogen (secondary N) is 1. The van der Waals surface area contributed by atoms with Crippen molar-refractivity contribution in [2.75, 3.05) is 17.9 Å². The Kier molecular flexibility index (Phi) is 6.23. The number of anilines is 1. The summed E-state index contributed by atoms with van der Waals surface area (Å²) < 4.78 is 39.4. The average Bonchev–Trinajstić information content (AvgIpc) is 3.32. The molecule has 1 aromatic heterocycles. The number of nitrogens with zero attached hydrogens (tertiary/aromatic N) is 1. The lowest BCUT2D eigenvalue weighted by atomic mass is 9.99. The summed E-state index contributed by atoms with van der Waals surface area (Å²) in [6.07, 6.45) is 3.05. The zero-order valence-electron chi connectivity index (χ0n) is 18.1. The second-order valence-electron chi connectivity index (χ2n) is 7.82. The molecule has 0 aliphatic carbocycles. The van der Waals surface area contributed by atoms with Gasteiger partial charge in [-0.15, -0.1) is 0 Å². The number of sulfonamides is 1. The number of carbonyl (C=O) groups is 1. The van der Waals surface area contributed by atoms with Gasteiger partial charge in [0.2, 0.25) is 0 Å². The number of fused-ring (bicyclic) bond motifs is 1. The van der Waals surface area contributed by atoms with E-state index in [-0.39, 0.29) is 10.8 Å². The molecule has 0 bridgehead atoms. The molecule has 1 N–H and O–H groups in total. The summed E-state index contributed by atoms with van der Waals surface area (Å²) in [7, 11) is -3.77. The molecule has 2 aromatic carbocycles. The Morgan fingerprint density at radius 3 is 2.72 bits per heavy atom. The van der Waals surface area contributed by atoms with Crippen LogP contribution < -0.4 is 9.46 Å². The van der Waals surface area contributed by atoms with E-state index in [2.05, 4.69) is 4.72 Å². The van der Waals surface area contributed by atoms with Crippen molar-refractivity contribution in [3.8, 4) is 5.75 Å². The first kappa shape index (κ1) is 22.0. The third-order valence-electron chi connectivity index (χ3n) is 5.41. The van der Waals surface area contributed by atoms with Gasteiger partial charge in [-0.3, -0.25) is 9.52 Å². The van der Waals surface area contributed by atoms with Gasteiger partial charge in [-0.2, -0.15) is 0 Å². The lowest BCUT2D eigenvalue weighted by Crippen LogP contribution is -2.35. The van der Waals surface area contributed by atoms with Gasteiger partial charge in [-0.25, -0.2) is 8.42 Å². The van der Waals surface area contributed by atoms with E-state index in [4.69, 9.17) is 9.15 Å². The number of hydrogen-bond donors (Lipinski definition) is 1. The monoisotopic (exact) mass is 454 g/mol. The van der Waals surface area contributed by atoms with Crippen molar-refractivity contribution in [1.82, 2.24) is 4.90 Å². The molecule has 0 spiro atoms. The van der Waals surface area contributed by atoms with Gasteiger partial charge in [0.05, 0.1) is 17.8 Å². The van der Waals surface area contributed by atoms with E-state index in [1.807, 2.05) is 19.9 Å². The summed E-state index contributed by atoms with van der Waals surface area (Å²) in [6, 6.07) is 13.6. The minimum Gasteiger partial charge on any atom is -0.493 e. The van der Waals surface area contributed by atoms with Crippen LogP contribution in [0.15, 0.2) is 64.1 Å². The standard InChI is InChI=1S/C24H26N2O5S/c1-3-12-30-22-9-8-21(14-17(22)2)32(28,29)25-20-7-6-18-10-11-26(16-19(18)15-20)24(27)23-5-4-13-31-23/h4-9,13-15,25H,3,10-12,16H2,1-2H3. The molecular formula is C24H26N2O5S. The van der Waals surface area contributed by atoms with Crippen LogP contribution in [0.4, 0.5) is 5.69 Å². The van der Waals surface area contributed by atoms with Crippen molar-refractivity contribution in [2.45, 2.75) is 38.1 Å². The number of benzene rings is 2. The normalized spacial score (nSPS) is 13.5. The summed E-state index contributed by atoms with van der Waals surface area (Å²) in [5.74, 6) is 0.806. The van der Waals surface area contributed by atoms with Crippen LogP contribution in [-0.2, 0) is 23.0 Å². The second kappa shape index (κ2) is 9.08. The molecule has 0 atom stereocenters. The van der Waals surface area contributed by atoms with Crippen LogP contribution in [0, 0.1) is 6.92 Å². The van der Waals surface area contributed by atoms with Crippen LogP contribution in [0.25, 0.3) is 0 Å².